The molecule has 0 radical (unpaired) electrons. The Kier molecular flexibility index (Phi) is 6.07. The topological polar surface area (TPSA) is 59.8 Å². The number of benzene rings is 2. The van der Waals surface area contributed by atoms with Gasteiger partial charge in [-0.15, -0.1) is 21.5 Å². The second kappa shape index (κ2) is 9.07. The number of anilines is 1. The van der Waals surface area contributed by atoms with Gasteiger partial charge in [0.2, 0.25) is 5.91 Å². The molecule has 146 valence electrons. The van der Waals surface area contributed by atoms with Crippen molar-refractivity contribution >= 4 is 34.7 Å². The predicted molar refractivity (Wildman–Crippen MR) is 119 cm³/mol. The van der Waals surface area contributed by atoms with E-state index in [0.29, 0.717) is 0 Å². The van der Waals surface area contributed by atoms with Crippen LogP contribution in [0.5, 0.6) is 0 Å². The molecule has 7 heteroatoms. The minimum atomic E-state index is -0.0646. The van der Waals surface area contributed by atoms with Crippen LogP contribution in [0.2, 0.25) is 0 Å². The van der Waals surface area contributed by atoms with Crippen molar-refractivity contribution < 1.29 is 4.79 Å². The fourth-order valence-electron chi connectivity index (χ4n) is 2.90. The first-order valence-electron chi connectivity index (χ1n) is 9.18. The maximum Gasteiger partial charge on any atom is 0.234 e. The second-order valence-electron chi connectivity index (χ2n) is 6.49. The number of hydrogen-bond acceptors (Lipinski definition) is 5. The molecule has 0 unspecified atom stereocenters. The number of rotatable bonds is 7. The minimum Gasteiger partial charge on any atom is -0.325 e. The van der Waals surface area contributed by atoms with E-state index in [2.05, 4.69) is 39.1 Å². The van der Waals surface area contributed by atoms with Crippen LogP contribution in [-0.4, -0.2) is 26.4 Å². The van der Waals surface area contributed by atoms with Crippen molar-refractivity contribution in [2.45, 2.75) is 11.6 Å². The van der Waals surface area contributed by atoms with Gasteiger partial charge in [0.1, 0.15) is 5.82 Å². The van der Waals surface area contributed by atoms with Crippen LogP contribution in [-0.2, 0) is 18.3 Å². The summed E-state index contributed by atoms with van der Waals surface area (Å²) in [6, 6.07) is 22.1. The molecule has 2 aromatic heterocycles. The Morgan fingerprint density at radius 1 is 1.00 bits per heavy atom. The number of amides is 1. The van der Waals surface area contributed by atoms with Gasteiger partial charge in [0.25, 0.3) is 0 Å². The fraction of sp³-hybridized carbons (Fsp3) is 0.136. The van der Waals surface area contributed by atoms with Gasteiger partial charge in [-0.05, 0) is 34.7 Å². The lowest BCUT2D eigenvalue weighted by atomic mass is 10.1. The van der Waals surface area contributed by atoms with E-state index in [-0.39, 0.29) is 11.7 Å². The summed E-state index contributed by atoms with van der Waals surface area (Å²) in [6.45, 7) is 0. The largest absolute Gasteiger partial charge is 0.325 e. The van der Waals surface area contributed by atoms with Gasteiger partial charge in [-0.2, -0.15) is 0 Å². The molecule has 0 spiro atoms. The Morgan fingerprint density at radius 3 is 2.48 bits per heavy atom. The van der Waals surface area contributed by atoms with Crippen molar-refractivity contribution in [3.63, 3.8) is 0 Å². The van der Waals surface area contributed by atoms with E-state index in [4.69, 9.17) is 0 Å². The molecule has 29 heavy (non-hydrogen) atoms. The molecule has 0 aliphatic carbocycles. The van der Waals surface area contributed by atoms with E-state index in [1.165, 1.54) is 16.6 Å². The van der Waals surface area contributed by atoms with E-state index in [1.807, 2.05) is 60.1 Å². The summed E-state index contributed by atoms with van der Waals surface area (Å²) in [4.78, 5) is 13.6. The van der Waals surface area contributed by atoms with Crippen LogP contribution >= 0.6 is 23.1 Å². The molecular weight excluding hydrogens is 400 g/mol. The maximum atomic E-state index is 12.3. The molecular formula is C22H20N4OS2. The molecule has 0 aliphatic heterocycles. The van der Waals surface area contributed by atoms with Crippen LogP contribution in [0, 0.1) is 0 Å². The number of aromatic nitrogens is 3. The molecule has 1 amide bonds. The molecule has 4 rings (SSSR count). The number of nitrogens with zero attached hydrogens (tertiary/aromatic N) is 3. The Balaban J connectivity index is 1.32. The van der Waals surface area contributed by atoms with Gasteiger partial charge < -0.3 is 9.88 Å². The van der Waals surface area contributed by atoms with Crippen molar-refractivity contribution in [2.75, 3.05) is 11.1 Å². The van der Waals surface area contributed by atoms with Crippen LogP contribution in [0.15, 0.2) is 77.3 Å². The van der Waals surface area contributed by atoms with Gasteiger partial charge >= 0.3 is 0 Å². The average Bonchev–Trinajstić information content (AvgIpc) is 3.38. The summed E-state index contributed by atoms with van der Waals surface area (Å²) in [6.07, 6.45) is 0.752. The van der Waals surface area contributed by atoms with Gasteiger partial charge in [0.05, 0.1) is 5.75 Å². The smallest absolute Gasteiger partial charge is 0.234 e. The van der Waals surface area contributed by atoms with E-state index in [0.717, 1.165) is 34.2 Å². The minimum absolute atomic E-state index is 0.0646. The summed E-state index contributed by atoms with van der Waals surface area (Å²) in [5.74, 6) is 1.11. The number of nitrogens with one attached hydrogen (secondary N) is 1. The number of thiophene rings is 1. The van der Waals surface area contributed by atoms with Crippen molar-refractivity contribution in [1.29, 1.82) is 0 Å². The monoisotopic (exact) mass is 420 g/mol. The SMILES string of the molecule is Cn1c(Cc2cccs2)nnc1SCC(=O)Nc1ccc(-c2ccccc2)cc1. The summed E-state index contributed by atoms with van der Waals surface area (Å²) in [5, 5.41) is 14.2. The van der Waals surface area contributed by atoms with E-state index >= 15 is 0 Å². The summed E-state index contributed by atoms with van der Waals surface area (Å²) >= 11 is 3.09. The Labute approximate surface area is 177 Å². The zero-order chi connectivity index (χ0) is 20.1. The molecule has 0 atom stereocenters. The van der Waals surface area contributed by atoms with Crippen LogP contribution in [0.4, 0.5) is 5.69 Å². The molecule has 4 aromatic rings. The van der Waals surface area contributed by atoms with Crippen molar-refractivity contribution in [3.8, 4) is 11.1 Å². The first-order valence-corrected chi connectivity index (χ1v) is 11.0. The number of carbonyl (C=O) groups excluding carboxylic acids is 1. The second-order valence-corrected chi connectivity index (χ2v) is 8.47. The molecule has 0 saturated carbocycles. The molecule has 2 aromatic carbocycles. The summed E-state index contributed by atoms with van der Waals surface area (Å²) in [5.41, 5.74) is 3.06. The molecule has 0 fully saturated rings. The zero-order valence-corrected chi connectivity index (χ0v) is 17.5. The van der Waals surface area contributed by atoms with Crippen molar-refractivity contribution in [3.05, 3.63) is 82.8 Å². The highest BCUT2D eigenvalue weighted by Gasteiger charge is 2.12. The van der Waals surface area contributed by atoms with Crippen LogP contribution < -0.4 is 5.32 Å². The van der Waals surface area contributed by atoms with Gasteiger partial charge in [0.15, 0.2) is 5.16 Å². The standard InChI is InChI=1S/C22H20N4OS2/c1-26-20(14-19-8-5-13-28-19)24-25-22(26)29-15-21(27)23-18-11-9-17(10-12-18)16-6-3-2-4-7-16/h2-13H,14-15H2,1H3,(H,23,27). The Morgan fingerprint density at radius 2 is 1.76 bits per heavy atom. The lowest BCUT2D eigenvalue weighted by molar-refractivity contribution is -0.113. The van der Waals surface area contributed by atoms with E-state index in [1.54, 1.807) is 11.3 Å². The first-order chi connectivity index (χ1) is 14.2. The van der Waals surface area contributed by atoms with E-state index in [9.17, 15) is 4.79 Å². The highest BCUT2D eigenvalue weighted by atomic mass is 32.2. The van der Waals surface area contributed by atoms with Gasteiger partial charge in [-0.1, -0.05) is 60.3 Å². The normalized spacial score (nSPS) is 10.8. The molecule has 2 heterocycles. The molecule has 0 bridgehead atoms. The van der Waals surface area contributed by atoms with Gasteiger partial charge in [-0.3, -0.25) is 4.79 Å². The van der Waals surface area contributed by atoms with E-state index < -0.39 is 0 Å². The zero-order valence-electron chi connectivity index (χ0n) is 15.9. The maximum absolute atomic E-state index is 12.3. The lowest BCUT2D eigenvalue weighted by Crippen LogP contribution is -2.14. The van der Waals surface area contributed by atoms with Gasteiger partial charge in [-0.25, -0.2) is 0 Å². The summed E-state index contributed by atoms with van der Waals surface area (Å²) < 4.78 is 1.95. The highest BCUT2D eigenvalue weighted by molar-refractivity contribution is 7.99. The number of hydrogen-bond donors (Lipinski definition) is 1. The molecule has 0 saturated heterocycles. The molecule has 5 nitrogen and oxygen atoms in total. The van der Waals surface area contributed by atoms with Crippen LogP contribution in [0.3, 0.4) is 0 Å². The average molecular weight is 421 g/mol. The van der Waals surface area contributed by atoms with Crippen LogP contribution in [0.1, 0.15) is 10.7 Å². The fourth-order valence-corrected chi connectivity index (χ4v) is 4.33. The third-order valence-electron chi connectivity index (χ3n) is 4.45. The molecule has 1 N–H and O–H groups in total. The highest BCUT2D eigenvalue weighted by Crippen LogP contribution is 2.22. The molecule has 0 aliphatic rings. The number of carbonyl (C=O) groups is 1. The quantitative estimate of drug-likeness (QED) is 0.434. The third-order valence-corrected chi connectivity index (χ3v) is 6.34. The van der Waals surface area contributed by atoms with Crippen molar-refractivity contribution in [2.24, 2.45) is 7.05 Å². The first kappa shape index (κ1) is 19.4. The Bertz CT molecular complexity index is 1070. The van der Waals surface area contributed by atoms with Crippen LogP contribution in [0.25, 0.3) is 11.1 Å². The summed E-state index contributed by atoms with van der Waals surface area (Å²) in [7, 11) is 1.94. The Hall–Kier alpha value is -2.90. The van der Waals surface area contributed by atoms with Gasteiger partial charge in [0, 0.05) is 24.0 Å². The third kappa shape index (κ3) is 4.93. The van der Waals surface area contributed by atoms with Crippen molar-refractivity contribution in [1.82, 2.24) is 14.8 Å². The number of thioether (sulfide) groups is 1. The lowest BCUT2D eigenvalue weighted by Gasteiger charge is -2.07. The predicted octanol–water partition coefficient (Wildman–Crippen LogP) is 4.87.